The summed E-state index contributed by atoms with van der Waals surface area (Å²) < 4.78 is 33.5. The highest BCUT2D eigenvalue weighted by Gasteiger charge is 2.51. The lowest BCUT2D eigenvalue weighted by molar-refractivity contribution is -0.220. The number of aliphatic hydroxyl groups is 6. The molecular formula is C45H83O14P. The molecule has 1 rings (SSSR count). The van der Waals surface area contributed by atoms with Crippen molar-refractivity contribution in [1.29, 1.82) is 0 Å². The van der Waals surface area contributed by atoms with Gasteiger partial charge in [0.1, 0.15) is 43.2 Å². The lowest BCUT2D eigenvalue weighted by atomic mass is 9.85. The number of phosphoric ester groups is 1. The average Bonchev–Trinajstić information content (AvgIpc) is 3.22. The van der Waals surface area contributed by atoms with Crippen LogP contribution < -0.4 is 0 Å². The Labute approximate surface area is 360 Å². The number of esters is 2. The van der Waals surface area contributed by atoms with Crippen LogP contribution in [0.15, 0.2) is 24.3 Å². The molecule has 0 aromatic carbocycles. The van der Waals surface area contributed by atoms with Crippen molar-refractivity contribution >= 4 is 19.8 Å². The summed E-state index contributed by atoms with van der Waals surface area (Å²) in [5.41, 5.74) is 0. The summed E-state index contributed by atoms with van der Waals surface area (Å²) in [5, 5.41) is 60.3. The molecule has 1 fully saturated rings. The summed E-state index contributed by atoms with van der Waals surface area (Å²) in [4.78, 5) is 35.7. The van der Waals surface area contributed by atoms with Gasteiger partial charge in [0, 0.05) is 12.8 Å². The molecule has 0 aliphatic heterocycles. The van der Waals surface area contributed by atoms with Gasteiger partial charge in [-0.05, 0) is 32.1 Å². The first-order chi connectivity index (χ1) is 28.8. The predicted molar refractivity (Wildman–Crippen MR) is 232 cm³/mol. The summed E-state index contributed by atoms with van der Waals surface area (Å²) in [5.74, 6) is -1.17. The van der Waals surface area contributed by atoms with Crippen molar-refractivity contribution in [2.24, 2.45) is 0 Å². The number of hydrogen-bond acceptors (Lipinski definition) is 13. The molecule has 7 unspecified atom stereocenters. The van der Waals surface area contributed by atoms with E-state index in [4.69, 9.17) is 18.5 Å². The van der Waals surface area contributed by atoms with E-state index in [2.05, 4.69) is 19.9 Å². The Morgan fingerprint density at radius 2 is 1.03 bits per heavy atom. The third kappa shape index (κ3) is 28.1. The smallest absolute Gasteiger partial charge is 0.462 e. The Bertz CT molecular complexity index is 1170. The largest absolute Gasteiger partial charge is 0.472 e. The standard InChI is InChI=1S/C45H83O14P/c1-3-5-7-9-11-12-13-14-15-16-17-18-20-24-28-32-38(47)56-34-37(35-57-60(54,55)59-45-43(52)41(50)40(49)42(51)44(45)53)58-39(48)33-29-25-21-23-27-31-36(46)30-26-22-19-10-8-6-4-2/h19,22,26,30,36-37,40-46,49-53H,3-18,20-21,23-25,27-29,31-35H2,1-2H3,(H,54,55)/b22-19-,30-26+. The van der Waals surface area contributed by atoms with Gasteiger partial charge in [0.2, 0.25) is 0 Å². The normalized spacial score (nSPS) is 22.9. The van der Waals surface area contributed by atoms with E-state index in [0.717, 1.165) is 51.4 Å². The zero-order valence-electron chi connectivity index (χ0n) is 36.9. The average molecular weight is 879 g/mol. The van der Waals surface area contributed by atoms with Crippen LogP contribution in [0.3, 0.4) is 0 Å². The fourth-order valence-corrected chi connectivity index (χ4v) is 8.04. The zero-order chi connectivity index (χ0) is 44.4. The fraction of sp³-hybridized carbons (Fsp3) is 0.867. The molecule has 0 bridgehead atoms. The van der Waals surface area contributed by atoms with E-state index in [1.54, 1.807) is 6.08 Å². The third-order valence-electron chi connectivity index (χ3n) is 10.9. The maximum absolute atomic E-state index is 12.8. The highest BCUT2D eigenvalue weighted by molar-refractivity contribution is 7.47. The Morgan fingerprint density at radius 1 is 0.583 bits per heavy atom. The molecule has 0 saturated heterocycles. The summed E-state index contributed by atoms with van der Waals surface area (Å²) >= 11 is 0. The van der Waals surface area contributed by atoms with E-state index in [1.807, 2.05) is 12.2 Å². The van der Waals surface area contributed by atoms with E-state index in [1.165, 1.54) is 89.9 Å². The monoisotopic (exact) mass is 879 g/mol. The van der Waals surface area contributed by atoms with Gasteiger partial charge in [0.15, 0.2) is 6.10 Å². The second kappa shape index (κ2) is 35.7. The molecule has 0 radical (unpaired) electrons. The lowest BCUT2D eigenvalue weighted by Crippen LogP contribution is -2.64. The van der Waals surface area contributed by atoms with E-state index in [-0.39, 0.29) is 12.8 Å². The van der Waals surface area contributed by atoms with Gasteiger partial charge in [-0.15, -0.1) is 0 Å². The van der Waals surface area contributed by atoms with Gasteiger partial charge in [0.05, 0.1) is 12.7 Å². The molecule has 0 spiro atoms. The van der Waals surface area contributed by atoms with E-state index < -0.39 is 81.8 Å². The summed E-state index contributed by atoms with van der Waals surface area (Å²) in [6.45, 7) is 3.18. The van der Waals surface area contributed by atoms with Crippen LogP contribution in [0.2, 0.25) is 0 Å². The van der Waals surface area contributed by atoms with E-state index in [0.29, 0.717) is 19.3 Å². The fourth-order valence-electron chi connectivity index (χ4n) is 7.07. The molecule has 7 N–H and O–H groups in total. The molecule has 7 atom stereocenters. The van der Waals surface area contributed by atoms with Crippen molar-refractivity contribution in [3.05, 3.63) is 24.3 Å². The van der Waals surface area contributed by atoms with Gasteiger partial charge < -0.3 is 45.0 Å². The van der Waals surface area contributed by atoms with Crippen molar-refractivity contribution in [3.8, 4) is 0 Å². The van der Waals surface area contributed by atoms with E-state index in [9.17, 15) is 49.7 Å². The van der Waals surface area contributed by atoms with Crippen molar-refractivity contribution in [1.82, 2.24) is 0 Å². The first-order valence-corrected chi connectivity index (χ1v) is 24.7. The topological polar surface area (TPSA) is 230 Å². The van der Waals surface area contributed by atoms with Gasteiger partial charge in [-0.3, -0.25) is 18.6 Å². The van der Waals surface area contributed by atoms with Crippen molar-refractivity contribution in [3.63, 3.8) is 0 Å². The molecular weight excluding hydrogens is 795 g/mol. The van der Waals surface area contributed by atoms with Crippen LogP contribution in [-0.4, -0.2) is 110 Å². The molecule has 0 amide bonds. The highest BCUT2D eigenvalue weighted by Crippen LogP contribution is 2.47. The molecule has 0 aromatic rings. The Balaban J connectivity index is 2.49. The zero-order valence-corrected chi connectivity index (χ0v) is 37.8. The number of carbonyl (C=O) groups excluding carboxylic acids is 2. The minimum Gasteiger partial charge on any atom is -0.462 e. The molecule has 14 nitrogen and oxygen atoms in total. The predicted octanol–water partition coefficient (Wildman–Crippen LogP) is 7.81. The van der Waals surface area contributed by atoms with Gasteiger partial charge in [-0.25, -0.2) is 4.57 Å². The van der Waals surface area contributed by atoms with Gasteiger partial charge in [0.25, 0.3) is 0 Å². The van der Waals surface area contributed by atoms with Crippen molar-refractivity contribution in [2.75, 3.05) is 13.2 Å². The first kappa shape index (κ1) is 56.3. The highest BCUT2D eigenvalue weighted by atomic mass is 31.2. The number of phosphoric acid groups is 1. The third-order valence-corrected chi connectivity index (χ3v) is 11.9. The van der Waals surface area contributed by atoms with Crippen LogP contribution in [0, 0.1) is 0 Å². The molecule has 1 aliphatic rings. The molecule has 352 valence electrons. The van der Waals surface area contributed by atoms with E-state index >= 15 is 0 Å². The number of rotatable bonds is 38. The number of hydrogen-bond donors (Lipinski definition) is 7. The van der Waals surface area contributed by atoms with Gasteiger partial charge in [-0.2, -0.15) is 0 Å². The van der Waals surface area contributed by atoms with Crippen molar-refractivity contribution in [2.45, 2.75) is 236 Å². The summed E-state index contributed by atoms with van der Waals surface area (Å²) in [7, 11) is -5.14. The summed E-state index contributed by atoms with van der Waals surface area (Å²) in [6.07, 6.45) is 21.0. The second-order valence-electron chi connectivity index (χ2n) is 16.5. The maximum atomic E-state index is 12.8. The lowest BCUT2D eigenvalue weighted by Gasteiger charge is -2.41. The first-order valence-electron chi connectivity index (χ1n) is 23.2. The summed E-state index contributed by atoms with van der Waals surface area (Å²) in [6, 6.07) is 0. The van der Waals surface area contributed by atoms with Crippen LogP contribution >= 0.6 is 7.82 Å². The molecule has 0 aromatic heterocycles. The maximum Gasteiger partial charge on any atom is 0.472 e. The van der Waals surface area contributed by atoms with Crippen LogP contribution in [0.5, 0.6) is 0 Å². The quantitative estimate of drug-likeness (QED) is 0.0136. The minimum atomic E-state index is -5.14. The Kier molecular flexibility index (Phi) is 33.5. The molecule has 1 saturated carbocycles. The van der Waals surface area contributed by atoms with Gasteiger partial charge in [-0.1, -0.05) is 167 Å². The van der Waals surface area contributed by atoms with Crippen LogP contribution in [0.25, 0.3) is 0 Å². The van der Waals surface area contributed by atoms with Crippen LogP contribution in [0.1, 0.15) is 187 Å². The molecule has 0 heterocycles. The Hall–Kier alpha value is -1.71. The molecule has 1 aliphatic carbocycles. The molecule has 60 heavy (non-hydrogen) atoms. The minimum absolute atomic E-state index is 0.0331. The molecule has 15 heteroatoms. The second-order valence-corrected chi connectivity index (χ2v) is 17.9. The number of allylic oxidation sites excluding steroid dienone is 3. The number of aliphatic hydroxyl groups excluding tert-OH is 6. The van der Waals surface area contributed by atoms with Gasteiger partial charge >= 0.3 is 19.8 Å². The Morgan fingerprint density at radius 3 is 1.57 bits per heavy atom. The number of ether oxygens (including phenoxy) is 2. The number of carbonyl (C=O) groups is 2. The van der Waals surface area contributed by atoms with Crippen molar-refractivity contribution < 1.29 is 68.2 Å². The number of unbranched alkanes of at least 4 members (excludes halogenated alkanes) is 21. The van der Waals surface area contributed by atoms with Crippen LogP contribution in [-0.2, 0) is 32.7 Å². The SMILES string of the molecule is CCCCC/C=C\C=C\C(O)CCCCCCCC(=O)OC(COC(=O)CCCCCCCCCCCCCCCCC)COP(=O)(O)OC1C(O)C(O)C(O)C(O)C1O. The van der Waals surface area contributed by atoms with Crippen LogP contribution in [0.4, 0.5) is 0 Å².